The van der Waals surface area contributed by atoms with E-state index in [1.807, 2.05) is 36.5 Å². The van der Waals surface area contributed by atoms with Crippen LogP contribution in [0.4, 0.5) is 4.39 Å². The van der Waals surface area contributed by atoms with Crippen LogP contribution < -0.4 is 10.6 Å². The van der Waals surface area contributed by atoms with Gasteiger partial charge in [0, 0.05) is 29.9 Å². The Hall–Kier alpha value is -2.99. The number of rotatable bonds is 5. The lowest BCUT2D eigenvalue weighted by atomic mass is 9.94. The van der Waals surface area contributed by atoms with E-state index in [0.29, 0.717) is 11.6 Å². The second-order valence-electron chi connectivity index (χ2n) is 7.61. The number of nitrogens with zero attached hydrogens (tertiary/aromatic N) is 2. The Kier molecular flexibility index (Phi) is 5.71. The summed E-state index contributed by atoms with van der Waals surface area (Å²) in [5.74, 6) is 0.125. The molecular formula is C23H25FN4O. The molecule has 0 aliphatic carbocycles. The lowest BCUT2D eigenvalue weighted by Gasteiger charge is -2.30. The number of hydrogen-bond acceptors (Lipinski definition) is 3. The van der Waals surface area contributed by atoms with Crippen LogP contribution in [-0.4, -0.2) is 34.8 Å². The smallest absolute Gasteiger partial charge is 0.224 e. The number of carbonyl (C=O) groups is 1. The van der Waals surface area contributed by atoms with Crippen molar-refractivity contribution < 1.29 is 9.18 Å². The number of aromatic nitrogens is 2. The predicted octanol–water partition coefficient (Wildman–Crippen LogP) is 3.34. The van der Waals surface area contributed by atoms with E-state index in [1.165, 1.54) is 12.1 Å². The molecule has 2 heterocycles. The van der Waals surface area contributed by atoms with Gasteiger partial charge in [0.05, 0.1) is 17.8 Å². The Balaban J connectivity index is 1.61. The third-order valence-corrected chi connectivity index (χ3v) is 5.45. The first-order valence-corrected chi connectivity index (χ1v) is 10.00. The highest BCUT2D eigenvalue weighted by atomic mass is 19.1. The minimum Gasteiger partial charge on any atom is -0.352 e. The summed E-state index contributed by atoms with van der Waals surface area (Å²) in [5.41, 5.74) is 3.21. The van der Waals surface area contributed by atoms with E-state index in [9.17, 15) is 9.18 Å². The minimum atomic E-state index is -0.297. The maximum atomic E-state index is 13.4. The maximum absolute atomic E-state index is 13.4. The van der Waals surface area contributed by atoms with Crippen LogP contribution in [0.3, 0.4) is 0 Å². The van der Waals surface area contributed by atoms with Gasteiger partial charge in [0.2, 0.25) is 5.91 Å². The van der Waals surface area contributed by atoms with Crippen molar-refractivity contribution >= 4 is 5.91 Å². The summed E-state index contributed by atoms with van der Waals surface area (Å²) in [6, 6.07) is 16.1. The maximum Gasteiger partial charge on any atom is 0.224 e. The van der Waals surface area contributed by atoms with Gasteiger partial charge in [-0.05, 0) is 55.3 Å². The van der Waals surface area contributed by atoms with Crippen LogP contribution >= 0.6 is 0 Å². The molecule has 1 fully saturated rings. The molecular weight excluding hydrogens is 367 g/mol. The van der Waals surface area contributed by atoms with Gasteiger partial charge in [-0.15, -0.1) is 0 Å². The SMILES string of the molecule is CC1CCNCC1NC(=O)Cc1cn(-c2ccccc2)nc1-c1ccc(F)cc1. The normalized spacial score (nSPS) is 19.1. The molecule has 1 aliphatic rings. The first-order valence-electron chi connectivity index (χ1n) is 10.00. The van der Waals surface area contributed by atoms with Crippen molar-refractivity contribution in [3.63, 3.8) is 0 Å². The van der Waals surface area contributed by atoms with Crippen molar-refractivity contribution in [1.82, 2.24) is 20.4 Å². The zero-order chi connectivity index (χ0) is 20.2. The number of nitrogens with one attached hydrogen (secondary N) is 2. The molecule has 2 atom stereocenters. The number of benzene rings is 2. The monoisotopic (exact) mass is 392 g/mol. The molecule has 5 nitrogen and oxygen atoms in total. The summed E-state index contributed by atoms with van der Waals surface area (Å²) in [7, 11) is 0. The molecule has 1 aliphatic heterocycles. The quantitative estimate of drug-likeness (QED) is 0.700. The van der Waals surface area contributed by atoms with E-state index in [1.54, 1.807) is 16.8 Å². The Morgan fingerprint density at radius 2 is 1.97 bits per heavy atom. The van der Waals surface area contributed by atoms with Crippen LogP contribution in [0.25, 0.3) is 16.9 Å². The fraction of sp³-hybridized carbons (Fsp3) is 0.304. The second kappa shape index (κ2) is 8.57. The molecule has 29 heavy (non-hydrogen) atoms. The van der Waals surface area contributed by atoms with E-state index in [-0.39, 0.29) is 24.2 Å². The third kappa shape index (κ3) is 4.54. The fourth-order valence-corrected chi connectivity index (χ4v) is 3.72. The lowest BCUT2D eigenvalue weighted by Crippen LogP contribution is -2.50. The molecule has 2 N–H and O–H groups in total. The number of para-hydroxylation sites is 1. The van der Waals surface area contributed by atoms with Gasteiger partial charge >= 0.3 is 0 Å². The summed E-state index contributed by atoms with van der Waals surface area (Å²) in [6.07, 6.45) is 3.16. The summed E-state index contributed by atoms with van der Waals surface area (Å²) >= 11 is 0. The second-order valence-corrected chi connectivity index (χ2v) is 7.61. The number of hydrogen-bond donors (Lipinski definition) is 2. The summed E-state index contributed by atoms with van der Waals surface area (Å²) in [5, 5.41) is 11.2. The molecule has 0 spiro atoms. The zero-order valence-electron chi connectivity index (χ0n) is 16.4. The number of amides is 1. The van der Waals surface area contributed by atoms with E-state index in [4.69, 9.17) is 5.10 Å². The van der Waals surface area contributed by atoms with Crippen molar-refractivity contribution in [2.24, 2.45) is 5.92 Å². The van der Waals surface area contributed by atoms with Gasteiger partial charge in [0.15, 0.2) is 0 Å². The average molecular weight is 392 g/mol. The highest BCUT2D eigenvalue weighted by Crippen LogP contribution is 2.25. The molecule has 6 heteroatoms. The molecule has 2 unspecified atom stereocenters. The molecule has 4 rings (SSSR count). The molecule has 0 saturated carbocycles. The van der Waals surface area contributed by atoms with Crippen LogP contribution in [0.5, 0.6) is 0 Å². The predicted molar refractivity (Wildman–Crippen MR) is 111 cm³/mol. The van der Waals surface area contributed by atoms with Crippen molar-refractivity contribution in [3.8, 4) is 16.9 Å². The summed E-state index contributed by atoms with van der Waals surface area (Å²) < 4.78 is 15.2. The van der Waals surface area contributed by atoms with E-state index in [2.05, 4.69) is 17.6 Å². The summed E-state index contributed by atoms with van der Waals surface area (Å²) in [6.45, 7) is 3.95. The highest BCUT2D eigenvalue weighted by molar-refractivity contribution is 5.81. The first-order chi connectivity index (χ1) is 14.1. The van der Waals surface area contributed by atoms with Crippen molar-refractivity contribution in [2.45, 2.75) is 25.8 Å². The van der Waals surface area contributed by atoms with Crippen molar-refractivity contribution in [3.05, 3.63) is 72.2 Å². The zero-order valence-corrected chi connectivity index (χ0v) is 16.4. The molecule has 1 amide bonds. The minimum absolute atomic E-state index is 0.0264. The van der Waals surface area contributed by atoms with Gasteiger partial charge in [0.1, 0.15) is 5.82 Å². The van der Waals surface area contributed by atoms with E-state index < -0.39 is 0 Å². The molecule has 1 saturated heterocycles. The van der Waals surface area contributed by atoms with Gasteiger partial charge in [-0.2, -0.15) is 5.10 Å². The Morgan fingerprint density at radius 3 is 2.69 bits per heavy atom. The van der Waals surface area contributed by atoms with Crippen molar-refractivity contribution in [2.75, 3.05) is 13.1 Å². The molecule has 0 bridgehead atoms. The van der Waals surface area contributed by atoms with Crippen LogP contribution in [0, 0.1) is 11.7 Å². The van der Waals surface area contributed by atoms with Gasteiger partial charge in [0.25, 0.3) is 0 Å². The summed E-state index contributed by atoms with van der Waals surface area (Å²) in [4.78, 5) is 12.8. The largest absolute Gasteiger partial charge is 0.352 e. The standard InChI is InChI=1S/C23H25FN4O/c1-16-11-12-25-14-21(16)26-22(29)13-18-15-28(20-5-3-2-4-6-20)27-23(18)17-7-9-19(24)10-8-17/h2-10,15-16,21,25H,11-14H2,1H3,(H,26,29). The van der Waals surface area contributed by atoms with Gasteiger partial charge in [-0.3, -0.25) is 4.79 Å². The van der Waals surface area contributed by atoms with Crippen LogP contribution in [0.1, 0.15) is 18.9 Å². The van der Waals surface area contributed by atoms with Crippen LogP contribution in [0.15, 0.2) is 60.8 Å². The lowest BCUT2D eigenvalue weighted by molar-refractivity contribution is -0.121. The Morgan fingerprint density at radius 1 is 1.21 bits per heavy atom. The fourth-order valence-electron chi connectivity index (χ4n) is 3.72. The van der Waals surface area contributed by atoms with Crippen LogP contribution in [0.2, 0.25) is 0 Å². The van der Waals surface area contributed by atoms with E-state index >= 15 is 0 Å². The average Bonchev–Trinajstić information content (AvgIpc) is 3.14. The van der Waals surface area contributed by atoms with E-state index in [0.717, 1.165) is 36.3 Å². The highest BCUT2D eigenvalue weighted by Gasteiger charge is 2.23. The Bertz CT molecular complexity index is 968. The van der Waals surface area contributed by atoms with Crippen LogP contribution in [-0.2, 0) is 11.2 Å². The topological polar surface area (TPSA) is 58.9 Å². The number of carbonyl (C=O) groups excluding carboxylic acids is 1. The van der Waals surface area contributed by atoms with Crippen molar-refractivity contribution in [1.29, 1.82) is 0 Å². The number of piperidine rings is 1. The van der Waals surface area contributed by atoms with Gasteiger partial charge in [-0.25, -0.2) is 9.07 Å². The molecule has 3 aromatic rings. The number of halogens is 1. The third-order valence-electron chi connectivity index (χ3n) is 5.45. The molecule has 2 aromatic carbocycles. The molecule has 150 valence electrons. The molecule has 0 radical (unpaired) electrons. The van der Waals surface area contributed by atoms with Gasteiger partial charge in [-0.1, -0.05) is 25.1 Å². The first kappa shape index (κ1) is 19.3. The molecule has 1 aromatic heterocycles. The van der Waals surface area contributed by atoms with Gasteiger partial charge < -0.3 is 10.6 Å². The Labute approximate surface area is 169 Å².